The Hall–Kier alpha value is -3.76. The smallest absolute Gasteiger partial charge is 0.227 e. The van der Waals surface area contributed by atoms with Crippen molar-refractivity contribution in [2.45, 2.75) is 6.42 Å². The minimum atomic E-state index is -0.104. The minimum absolute atomic E-state index is 0.104. The van der Waals surface area contributed by atoms with Gasteiger partial charge in [0.15, 0.2) is 0 Å². The number of hydrogen-bond acceptors (Lipinski definition) is 8. The molecular formula is C28H35N7O2S. The first kappa shape index (κ1) is 27.3. The van der Waals surface area contributed by atoms with Crippen molar-refractivity contribution in [1.29, 1.82) is 0 Å². The van der Waals surface area contributed by atoms with Crippen LogP contribution in [0.4, 0.5) is 23.0 Å². The molecule has 2 aromatic carbocycles. The molecule has 0 saturated heterocycles. The fourth-order valence-electron chi connectivity index (χ4n) is 4.27. The maximum absolute atomic E-state index is 12.5. The molecule has 4 aromatic rings. The summed E-state index contributed by atoms with van der Waals surface area (Å²) in [7, 11) is 9.71. The van der Waals surface area contributed by atoms with E-state index in [0.717, 1.165) is 40.9 Å². The van der Waals surface area contributed by atoms with Crippen LogP contribution in [0.25, 0.3) is 22.2 Å². The van der Waals surface area contributed by atoms with Crippen LogP contribution >= 0.6 is 12.6 Å². The first-order valence-corrected chi connectivity index (χ1v) is 13.1. The van der Waals surface area contributed by atoms with Crippen molar-refractivity contribution in [3.8, 4) is 17.0 Å². The summed E-state index contributed by atoms with van der Waals surface area (Å²) in [5.74, 6) is 1.40. The molecule has 0 spiro atoms. The highest BCUT2D eigenvalue weighted by Gasteiger charge is 2.17. The Kier molecular flexibility index (Phi) is 8.75. The second-order valence-electron chi connectivity index (χ2n) is 9.38. The molecule has 10 heteroatoms. The van der Waals surface area contributed by atoms with E-state index in [1.807, 2.05) is 58.5 Å². The number of carbonyl (C=O) groups excluding carboxylic acids is 1. The molecule has 0 atom stereocenters. The number of fused-ring (bicyclic) bond motifs is 1. The molecular weight excluding hydrogens is 498 g/mol. The second kappa shape index (κ2) is 12.2. The highest BCUT2D eigenvalue weighted by Crippen LogP contribution is 2.38. The molecule has 0 aliphatic carbocycles. The third-order valence-electron chi connectivity index (χ3n) is 6.30. The van der Waals surface area contributed by atoms with Crippen molar-refractivity contribution < 1.29 is 9.53 Å². The second-order valence-corrected chi connectivity index (χ2v) is 9.82. The highest BCUT2D eigenvalue weighted by atomic mass is 32.1. The van der Waals surface area contributed by atoms with Crippen LogP contribution in [-0.4, -0.2) is 72.4 Å². The van der Waals surface area contributed by atoms with Gasteiger partial charge in [0.25, 0.3) is 0 Å². The van der Waals surface area contributed by atoms with Crippen LogP contribution in [-0.2, 0) is 11.8 Å². The van der Waals surface area contributed by atoms with Crippen molar-refractivity contribution in [3.63, 3.8) is 0 Å². The number of aromatic nitrogens is 3. The average molecular weight is 534 g/mol. The predicted molar refractivity (Wildman–Crippen MR) is 159 cm³/mol. The van der Waals surface area contributed by atoms with Crippen LogP contribution in [0.15, 0.2) is 54.9 Å². The topological polar surface area (TPSA) is 87.5 Å². The summed E-state index contributed by atoms with van der Waals surface area (Å²) < 4.78 is 7.83. The Bertz CT molecular complexity index is 1420. The number of amides is 1. The number of nitrogens with zero attached hydrogens (tertiary/aromatic N) is 5. The molecule has 0 saturated carbocycles. The lowest BCUT2D eigenvalue weighted by molar-refractivity contribution is -0.115. The lowest BCUT2D eigenvalue weighted by Gasteiger charge is -2.26. The highest BCUT2D eigenvalue weighted by molar-refractivity contribution is 7.80. The van der Waals surface area contributed by atoms with Crippen molar-refractivity contribution in [3.05, 3.63) is 54.9 Å². The first-order chi connectivity index (χ1) is 18.3. The third kappa shape index (κ3) is 6.20. The number of ether oxygens (including phenoxy) is 1. The first-order valence-electron chi connectivity index (χ1n) is 12.4. The summed E-state index contributed by atoms with van der Waals surface area (Å²) in [5.41, 5.74) is 5.14. The molecule has 0 aliphatic rings. The van der Waals surface area contributed by atoms with Gasteiger partial charge in [-0.05, 0) is 38.0 Å². The van der Waals surface area contributed by atoms with Gasteiger partial charge in [-0.2, -0.15) is 12.6 Å². The molecule has 4 rings (SSSR count). The van der Waals surface area contributed by atoms with E-state index < -0.39 is 0 Å². The Morgan fingerprint density at radius 2 is 1.89 bits per heavy atom. The molecule has 2 N–H and O–H groups in total. The maximum Gasteiger partial charge on any atom is 0.227 e. The Labute approximate surface area is 229 Å². The van der Waals surface area contributed by atoms with Gasteiger partial charge in [0.05, 0.1) is 29.9 Å². The number of benzene rings is 2. The maximum atomic E-state index is 12.5. The van der Waals surface area contributed by atoms with Crippen LogP contribution < -0.4 is 20.3 Å². The zero-order chi connectivity index (χ0) is 27.2. The van der Waals surface area contributed by atoms with Gasteiger partial charge >= 0.3 is 0 Å². The normalized spacial score (nSPS) is 11.1. The van der Waals surface area contributed by atoms with Crippen molar-refractivity contribution in [2.75, 3.05) is 62.6 Å². The molecule has 9 nitrogen and oxygen atoms in total. The van der Waals surface area contributed by atoms with Gasteiger partial charge in [-0.1, -0.05) is 18.2 Å². The molecule has 0 bridgehead atoms. The molecule has 0 fully saturated rings. The number of anilines is 4. The van der Waals surface area contributed by atoms with Crippen LogP contribution in [0, 0.1) is 0 Å². The van der Waals surface area contributed by atoms with Gasteiger partial charge in [-0.25, -0.2) is 9.97 Å². The fourth-order valence-corrected chi connectivity index (χ4v) is 4.47. The lowest BCUT2D eigenvalue weighted by atomic mass is 10.1. The monoisotopic (exact) mass is 533 g/mol. The summed E-state index contributed by atoms with van der Waals surface area (Å²) in [6, 6.07) is 13.9. The molecule has 0 aliphatic heterocycles. The fraction of sp³-hybridized carbons (Fsp3) is 0.321. The Morgan fingerprint density at radius 3 is 2.63 bits per heavy atom. The van der Waals surface area contributed by atoms with Crippen LogP contribution in [0.1, 0.15) is 6.42 Å². The Balaban J connectivity index is 1.70. The van der Waals surface area contributed by atoms with E-state index in [-0.39, 0.29) is 5.91 Å². The number of nitrogens with one attached hydrogen (secondary N) is 2. The number of carbonyl (C=O) groups is 1. The summed E-state index contributed by atoms with van der Waals surface area (Å²) in [6.45, 7) is 1.63. The van der Waals surface area contributed by atoms with Crippen molar-refractivity contribution in [2.24, 2.45) is 7.05 Å². The zero-order valence-electron chi connectivity index (χ0n) is 22.5. The van der Waals surface area contributed by atoms with E-state index in [1.165, 1.54) is 0 Å². The number of para-hydroxylation sites is 1. The standard InChI is InChI=1S/C28H35N7O2S/c1-33(2)13-14-34(3)25-17-26(37-5)23(16-22(25)30-27(36)11-15-38)32-28-29-12-10-21(31-28)20-18-35(4)24-9-7-6-8-19(20)24/h6-10,12,16-18,38H,11,13-15H2,1-5H3,(H,30,36)(H,29,31,32). The molecule has 38 heavy (non-hydrogen) atoms. The van der Waals surface area contributed by atoms with Crippen LogP contribution in [0.3, 0.4) is 0 Å². The minimum Gasteiger partial charge on any atom is -0.494 e. The van der Waals surface area contributed by atoms with E-state index in [1.54, 1.807) is 13.3 Å². The van der Waals surface area contributed by atoms with E-state index in [2.05, 4.69) is 60.9 Å². The van der Waals surface area contributed by atoms with Crippen LogP contribution in [0.2, 0.25) is 0 Å². The summed E-state index contributed by atoms with van der Waals surface area (Å²) in [5, 5.41) is 7.46. The van der Waals surface area contributed by atoms with Gasteiger partial charge in [-0.15, -0.1) is 0 Å². The molecule has 2 aromatic heterocycles. The molecule has 1 amide bonds. The van der Waals surface area contributed by atoms with Gasteiger partial charge in [0.1, 0.15) is 5.75 Å². The van der Waals surface area contributed by atoms with E-state index >= 15 is 0 Å². The van der Waals surface area contributed by atoms with Gasteiger partial charge in [0.2, 0.25) is 11.9 Å². The number of likely N-dealkylation sites (N-methyl/N-ethyl adjacent to an activating group) is 2. The van der Waals surface area contributed by atoms with Gasteiger partial charge < -0.3 is 29.7 Å². The number of methoxy groups -OCH3 is 1. The molecule has 2 heterocycles. The SMILES string of the molecule is COc1cc(N(C)CCN(C)C)c(NC(=O)CCS)cc1Nc1nccc(-c2cn(C)c3ccccc23)n1. The summed E-state index contributed by atoms with van der Waals surface area (Å²) in [6.07, 6.45) is 4.12. The largest absolute Gasteiger partial charge is 0.494 e. The lowest BCUT2D eigenvalue weighted by Crippen LogP contribution is -2.29. The Morgan fingerprint density at radius 1 is 1.11 bits per heavy atom. The number of aryl methyl sites for hydroxylation is 1. The van der Waals surface area contributed by atoms with E-state index in [0.29, 0.717) is 35.2 Å². The average Bonchev–Trinajstić information content (AvgIpc) is 3.24. The third-order valence-corrected chi connectivity index (χ3v) is 6.52. The summed E-state index contributed by atoms with van der Waals surface area (Å²) >= 11 is 4.20. The zero-order valence-corrected chi connectivity index (χ0v) is 23.4. The molecule has 0 unspecified atom stereocenters. The molecule has 0 radical (unpaired) electrons. The summed E-state index contributed by atoms with van der Waals surface area (Å²) in [4.78, 5) is 26.0. The van der Waals surface area contributed by atoms with E-state index in [4.69, 9.17) is 9.72 Å². The quantitative estimate of drug-likeness (QED) is 0.242. The van der Waals surface area contributed by atoms with E-state index in [9.17, 15) is 4.79 Å². The van der Waals surface area contributed by atoms with Crippen molar-refractivity contribution >= 4 is 52.4 Å². The predicted octanol–water partition coefficient (Wildman–Crippen LogP) is 4.64. The van der Waals surface area contributed by atoms with Gasteiger partial charge in [-0.3, -0.25) is 4.79 Å². The van der Waals surface area contributed by atoms with Crippen molar-refractivity contribution in [1.82, 2.24) is 19.4 Å². The van der Waals surface area contributed by atoms with Gasteiger partial charge in [0, 0.05) is 68.5 Å². The number of thiol groups is 1. The molecule has 200 valence electrons. The van der Waals surface area contributed by atoms with Crippen LogP contribution in [0.5, 0.6) is 5.75 Å². The number of rotatable bonds is 11. The number of hydrogen-bond donors (Lipinski definition) is 3.